The third-order valence-electron chi connectivity index (χ3n) is 3.41. The molecule has 1 aliphatic heterocycles. The highest BCUT2D eigenvalue weighted by Crippen LogP contribution is 2.33. The molecular formula is C12H16BrFN2O3S. The van der Waals surface area contributed by atoms with Crippen molar-refractivity contribution < 1.29 is 17.5 Å². The summed E-state index contributed by atoms with van der Waals surface area (Å²) in [4.78, 5) is -0.154. The molecular weight excluding hydrogens is 351 g/mol. The Bertz CT molecular complexity index is 609. The van der Waals surface area contributed by atoms with Crippen molar-refractivity contribution in [3.8, 4) is 5.75 Å². The Hall–Kier alpha value is -0.700. The highest BCUT2D eigenvalue weighted by atomic mass is 79.9. The van der Waals surface area contributed by atoms with E-state index in [4.69, 9.17) is 10.5 Å². The molecule has 1 aromatic rings. The number of nitrogens with two attached hydrogens (primary N) is 1. The van der Waals surface area contributed by atoms with Gasteiger partial charge in [-0.3, -0.25) is 0 Å². The van der Waals surface area contributed by atoms with Crippen molar-refractivity contribution in [1.29, 1.82) is 0 Å². The van der Waals surface area contributed by atoms with Gasteiger partial charge in [0.1, 0.15) is 16.5 Å². The lowest BCUT2D eigenvalue weighted by atomic mass is 10.1. The van der Waals surface area contributed by atoms with E-state index >= 15 is 0 Å². The zero-order chi connectivity index (χ0) is 14.9. The zero-order valence-corrected chi connectivity index (χ0v) is 13.4. The molecule has 1 saturated heterocycles. The van der Waals surface area contributed by atoms with Gasteiger partial charge in [0.2, 0.25) is 10.0 Å². The topological polar surface area (TPSA) is 72.6 Å². The molecule has 1 fully saturated rings. The van der Waals surface area contributed by atoms with Crippen LogP contribution >= 0.6 is 15.9 Å². The predicted molar refractivity (Wildman–Crippen MR) is 76.6 cm³/mol. The first kappa shape index (κ1) is 15.7. The van der Waals surface area contributed by atoms with Gasteiger partial charge in [-0.25, -0.2) is 12.8 Å². The van der Waals surface area contributed by atoms with Crippen LogP contribution in [0.1, 0.15) is 6.42 Å². The van der Waals surface area contributed by atoms with Crippen LogP contribution in [0, 0.1) is 11.7 Å². The zero-order valence-electron chi connectivity index (χ0n) is 11.0. The van der Waals surface area contributed by atoms with Gasteiger partial charge in [0.25, 0.3) is 0 Å². The second kappa shape index (κ2) is 5.97. The first-order valence-electron chi connectivity index (χ1n) is 6.13. The Morgan fingerprint density at radius 3 is 2.80 bits per heavy atom. The van der Waals surface area contributed by atoms with Crippen molar-refractivity contribution in [3.63, 3.8) is 0 Å². The standard InChI is InChI=1S/C12H16BrFN2O3S/c1-19-11-4-9(13)10(14)5-12(11)20(17,18)16-3-2-8(6-15)7-16/h4-5,8H,2-3,6-7,15H2,1H3. The van der Waals surface area contributed by atoms with Gasteiger partial charge in [-0.2, -0.15) is 4.31 Å². The number of methoxy groups -OCH3 is 1. The van der Waals surface area contributed by atoms with Gasteiger partial charge < -0.3 is 10.5 Å². The van der Waals surface area contributed by atoms with Gasteiger partial charge in [-0.05, 0) is 46.9 Å². The van der Waals surface area contributed by atoms with Crippen LogP contribution in [-0.2, 0) is 10.0 Å². The van der Waals surface area contributed by atoms with Gasteiger partial charge in [0.05, 0.1) is 11.6 Å². The molecule has 0 bridgehead atoms. The average molecular weight is 367 g/mol. The minimum Gasteiger partial charge on any atom is -0.495 e. The van der Waals surface area contributed by atoms with Crippen LogP contribution < -0.4 is 10.5 Å². The Balaban J connectivity index is 2.42. The molecule has 1 heterocycles. The summed E-state index contributed by atoms with van der Waals surface area (Å²) < 4.78 is 45.3. The van der Waals surface area contributed by atoms with Crippen LogP contribution in [0.3, 0.4) is 0 Å². The predicted octanol–water partition coefficient (Wildman–Crippen LogP) is 1.57. The smallest absolute Gasteiger partial charge is 0.246 e. The molecule has 0 radical (unpaired) electrons. The molecule has 112 valence electrons. The summed E-state index contributed by atoms with van der Waals surface area (Å²) >= 11 is 3.01. The molecule has 2 N–H and O–H groups in total. The van der Waals surface area contributed by atoms with Crippen molar-refractivity contribution in [2.24, 2.45) is 11.7 Å². The molecule has 0 saturated carbocycles. The second-order valence-corrected chi connectivity index (χ2v) is 7.43. The van der Waals surface area contributed by atoms with Gasteiger partial charge in [0.15, 0.2) is 0 Å². The largest absolute Gasteiger partial charge is 0.495 e. The molecule has 0 aliphatic carbocycles. The second-order valence-electron chi connectivity index (χ2n) is 4.67. The lowest BCUT2D eigenvalue weighted by Crippen LogP contribution is -2.30. The van der Waals surface area contributed by atoms with Gasteiger partial charge in [-0.15, -0.1) is 0 Å². The number of ether oxygens (including phenoxy) is 1. The van der Waals surface area contributed by atoms with Gasteiger partial charge in [0, 0.05) is 13.1 Å². The van der Waals surface area contributed by atoms with Crippen molar-refractivity contribution in [3.05, 3.63) is 22.4 Å². The normalized spacial score (nSPS) is 20.3. The summed E-state index contributed by atoms with van der Waals surface area (Å²) in [5, 5.41) is 0. The summed E-state index contributed by atoms with van der Waals surface area (Å²) in [5.41, 5.74) is 5.57. The summed E-state index contributed by atoms with van der Waals surface area (Å²) in [6.07, 6.45) is 0.719. The number of benzene rings is 1. The van der Waals surface area contributed by atoms with Gasteiger partial charge in [-0.1, -0.05) is 0 Å². The fourth-order valence-electron chi connectivity index (χ4n) is 2.22. The monoisotopic (exact) mass is 366 g/mol. The number of sulfonamides is 1. The first-order chi connectivity index (χ1) is 9.40. The molecule has 2 rings (SSSR count). The van der Waals surface area contributed by atoms with Crippen LogP contribution in [-0.4, -0.2) is 39.5 Å². The number of nitrogens with zero attached hydrogens (tertiary/aromatic N) is 1. The Morgan fingerprint density at radius 2 is 2.25 bits per heavy atom. The van der Waals surface area contributed by atoms with Crippen LogP contribution in [0.2, 0.25) is 0 Å². The SMILES string of the molecule is COc1cc(Br)c(F)cc1S(=O)(=O)N1CCC(CN)C1. The molecule has 1 aliphatic rings. The van der Waals surface area contributed by atoms with Crippen LogP contribution in [0.25, 0.3) is 0 Å². The third-order valence-corrected chi connectivity index (χ3v) is 5.90. The van der Waals surface area contributed by atoms with E-state index in [2.05, 4.69) is 15.9 Å². The number of hydrogen-bond acceptors (Lipinski definition) is 4. The lowest BCUT2D eigenvalue weighted by Gasteiger charge is -2.18. The maximum Gasteiger partial charge on any atom is 0.246 e. The Labute approximate surface area is 126 Å². The summed E-state index contributed by atoms with van der Waals surface area (Å²) in [7, 11) is -2.42. The van der Waals surface area contributed by atoms with Crippen LogP contribution in [0.4, 0.5) is 4.39 Å². The molecule has 20 heavy (non-hydrogen) atoms. The average Bonchev–Trinajstić information content (AvgIpc) is 2.90. The van der Waals surface area contributed by atoms with E-state index < -0.39 is 15.8 Å². The highest BCUT2D eigenvalue weighted by molar-refractivity contribution is 9.10. The minimum absolute atomic E-state index is 0.120. The van der Waals surface area contributed by atoms with Crippen molar-refractivity contribution >= 4 is 26.0 Å². The Kier molecular flexibility index (Phi) is 4.68. The van der Waals surface area contributed by atoms with Crippen LogP contribution in [0.15, 0.2) is 21.5 Å². The number of halogens is 2. The van der Waals surface area contributed by atoms with Crippen molar-refractivity contribution in [2.45, 2.75) is 11.3 Å². The maximum atomic E-state index is 13.7. The van der Waals surface area contributed by atoms with E-state index in [-0.39, 0.29) is 21.0 Å². The summed E-state index contributed by atoms with van der Waals surface area (Å²) in [6, 6.07) is 2.30. The molecule has 0 spiro atoms. The van der Waals surface area contributed by atoms with E-state index in [1.54, 1.807) is 0 Å². The number of rotatable bonds is 4. The first-order valence-corrected chi connectivity index (χ1v) is 8.36. The molecule has 8 heteroatoms. The van der Waals surface area contributed by atoms with E-state index in [1.165, 1.54) is 17.5 Å². The van der Waals surface area contributed by atoms with E-state index in [1.807, 2.05) is 0 Å². The van der Waals surface area contributed by atoms with Crippen molar-refractivity contribution in [2.75, 3.05) is 26.7 Å². The minimum atomic E-state index is -3.77. The molecule has 0 amide bonds. The van der Waals surface area contributed by atoms with E-state index in [0.29, 0.717) is 19.6 Å². The highest BCUT2D eigenvalue weighted by Gasteiger charge is 2.34. The molecule has 0 aromatic heterocycles. The fourth-order valence-corrected chi connectivity index (χ4v) is 4.22. The molecule has 1 aromatic carbocycles. The Morgan fingerprint density at radius 1 is 1.55 bits per heavy atom. The van der Waals surface area contributed by atoms with Crippen molar-refractivity contribution in [1.82, 2.24) is 4.31 Å². The molecule has 1 unspecified atom stereocenters. The maximum absolute atomic E-state index is 13.7. The molecule has 5 nitrogen and oxygen atoms in total. The van der Waals surface area contributed by atoms with Gasteiger partial charge >= 0.3 is 0 Å². The van der Waals surface area contributed by atoms with Crippen LogP contribution in [0.5, 0.6) is 5.75 Å². The lowest BCUT2D eigenvalue weighted by molar-refractivity contribution is 0.395. The van der Waals surface area contributed by atoms with E-state index in [9.17, 15) is 12.8 Å². The summed E-state index contributed by atoms with van der Waals surface area (Å²) in [5.74, 6) is -0.371. The summed E-state index contributed by atoms with van der Waals surface area (Å²) in [6.45, 7) is 1.20. The third kappa shape index (κ3) is 2.83. The van der Waals surface area contributed by atoms with E-state index in [0.717, 1.165) is 12.5 Å². The quantitative estimate of drug-likeness (QED) is 0.877. The number of hydrogen-bond donors (Lipinski definition) is 1. The molecule has 1 atom stereocenters. The fraction of sp³-hybridized carbons (Fsp3) is 0.500.